The molecule has 1 N–H and O–H groups in total. The van der Waals surface area contributed by atoms with Gasteiger partial charge in [0, 0.05) is 26.1 Å². The van der Waals surface area contributed by atoms with E-state index >= 15 is 0 Å². The van der Waals surface area contributed by atoms with Crippen LogP contribution in [0.4, 0.5) is 14.5 Å². The summed E-state index contributed by atoms with van der Waals surface area (Å²) in [5, 5.41) is 2.68. The zero-order valence-electron chi connectivity index (χ0n) is 18.9. The Bertz CT molecular complexity index is 1040. The summed E-state index contributed by atoms with van der Waals surface area (Å²) in [6, 6.07) is 9.91. The van der Waals surface area contributed by atoms with Gasteiger partial charge in [-0.1, -0.05) is 12.1 Å². The van der Waals surface area contributed by atoms with E-state index in [0.717, 1.165) is 22.7 Å². The van der Waals surface area contributed by atoms with E-state index in [4.69, 9.17) is 0 Å². The van der Waals surface area contributed by atoms with Crippen molar-refractivity contribution in [3.63, 3.8) is 0 Å². The van der Waals surface area contributed by atoms with E-state index in [1.54, 1.807) is 26.0 Å². The zero-order valence-corrected chi connectivity index (χ0v) is 19.7. The summed E-state index contributed by atoms with van der Waals surface area (Å²) in [4.78, 5) is 26.8. The fraction of sp³-hybridized carbons (Fsp3) is 0.391. The fourth-order valence-corrected chi connectivity index (χ4v) is 4.27. The van der Waals surface area contributed by atoms with E-state index in [-0.39, 0.29) is 37.7 Å². The van der Waals surface area contributed by atoms with E-state index in [2.05, 4.69) is 5.32 Å². The van der Waals surface area contributed by atoms with Crippen LogP contribution in [-0.2, 0) is 26.2 Å². The van der Waals surface area contributed by atoms with Crippen LogP contribution in [0.15, 0.2) is 48.5 Å². The number of likely N-dealkylation sites (N-methyl/N-ethyl adjacent to an activating group) is 1. The summed E-state index contributed by atoms with van der Waals surface area (Å²) >= 11 is 0. The van der Waals surface area contributed by atoms with Crippen LogP contribution < -0.4 is 9.62 Å². The molecule has 0 saturated heterocycles. The number of halogens is 2. The van der Waals surface area contributed by atoms with Gasteiger partial charge in [-0.25, -0.2) is 17.2 Å². The van der Waals surface area contributed by atoms with Crippen molar-refractivity contribution in [1.29, 1.82) is 0 Å². The van der Waals surface area contributed by atoms with Crippen LogP contribution in [0.25, 0.3) is 0 Å². The molecule has 2 aromatic carbocycles. The Labute approximate surface area is 193 Å². The number of rotatable bonds is 11. The van der Waals surface area contributed by atoms with Crippen molar-refractivity contribution in [1.82, 2.24) is 10.2 Å². The number of sulfonamides is 1. The lowest BCUT2D eigenvalue weighted by Gasteiger charge is -2.29. The average Bonchev–Trinajstić information content (AvgIpc) is 2.76. The SMILES string of the molecule is CCNC(=O)C(C)N(Cc1ccc(F)cc1)C(=O)CCCN(c1ccc(F)cc1)S(C)(=O)=O. The van der Waals surface area contributed by atoms with Gasteiger partial charge in [0.2, 0.25) is 21.8 Å². The standard InChI is InChI=1S/C23H29F2N3O4S/c1-4-26-23(30)17(2)27(16-18-7-9-19(24)10-8-18)22(29)6-5-15-28(33(3,31)32)21-13-11-20(25)12-14-21/h7-14,17H,4-6,15-16H2,1-3H3,(H,26,30). The van der Waals surface area contributed by atoms with Gasteiger partial charge in [0.25, 0.3) is 0 Å². The molecule has 0 heterocycles. The molecular formula is C23H29F2N3O4S. The molecule has 0 aromatic heterocycles. The number of benzene rings is 2. The Balaban J connectivity index is 2.13. The minimum Gasteiger partial charge on any atom is -0.355 e. The second kappa shape index (κ2) is 11.7. The summed E-state index contributed by atoms with van der Waals surface area (Å²) in [6.45, 7) is 3.89. The van der Waals surface area contributed by atoms with Crippen LogP contribution in [0.2, 0.25) is 0 Å². The molecule has 33 heavy (non-hydrogen) atoms. The van der Waals surface area contributed by atoms with Crippen LogP contribution in [0.3, 0.4) is 0 Å². The number of hydrogen-bond donors (Lipinski definition) is 1. The molecule has 1 atom stereocenters. The monoisotopic (exact) mass is 481 g/mol. The van der Waals surface area contributed by atoms with Crippen molar-refractivity contribution >= 4 is 27.5 Å². The van der Waals surface area contributed by atoms with Gasteiger partial charge in [0.1, 0.15) is 17.7 Å². The molecule has 2 amide bonds. The molecule has 0 bridgehead atoms. The summed E-state index contributed by atoms with van der Waals surface area (Å²) in [6.07, 6.45) is 1.21. The molecule has 0 aliphatic carbocycles. The predicted octanol–water partition coefficient (Wildman–Crippen LogP) is 3.06. The number of carbonyl (C=O) groups is 2. The third kappa shape index (κ3) is 7.81. The van der Waals surface area contributed by atoms with Gasteiger partial charge in [0.15, 0.2) is 0 Å². The van der Waals surface area contributed by atoms with Gasteiger partial charge in [-0.2, -0.15) is 0 Å². The highest BCUT2D eigenvalue weighted by Gasteiger charge is 2.26. The van der Waals surface area contributed by atoms with E-state index in [9.17, 15) is 26.8 Å². The topological polar surface area (TPSA) is 86.8 Å². The lowest BCUT2D eigenvalue weighted by atomic mass is 10.1. The molecule has 1 unspecified atom stereocenters. The minimum absolute atomic E-state index is 0.0101. The Morgan fingerprint density at radius 3 is 2.06 bits per heavy atom. The minimum atomic E-state index is -3.65. The molecule has 0 aliphatic heterocycles. The highest BCUT2D eigenvalue weighted by molar-refractivity contribution is 7.92. The molecular weight excluding hydrogens is 452 g/mol. The summed E-state index contributed by atoms with van der Waals surface area (Å²) in [5.41, 5.74) is 0.954. The van der Waals surface area contributed by atoms with Gasteiger partial charge < -0.3 is 10.2 Å². The number of amides is 2. The van der Waals surface area contributed by atoms with Crippen molar-refractivity contribution in [2.24, 2.45) is 0 Å². The van der Waals surface area contributed by atoms with Crippen molar-refractivity contribution in [3.8, 4) is 0 Å². The molecule has 0 aliphatic rings. The van der Waals surface area contributed by atoms with Crippen LogP contribution in [-0.4, -0.2) is 50.5 Å². The van der Waals surface area contributed by atoms with Crippen LogP contribution in [0, 0.1) is 11.6 Å². The number of anilines is 1. The molecule has 0 fully saturated rings. The van der Waals surface area contributed by atoms with Gasteiger partial charge in [-0.05, 0) is 62.2 Å². The van der Waals surface area contributed by atoms with Gasteiger partial charge in [-0.3, -0.25) is 13.9 Å². The fourth-order valence-electron chi connectivity index (χ4n) is 3.30. The summed E-state index contributed by atoms with van der Waals surface area (Å²) in [7, 11) is -3.65. The van der Waals surface area contributed by atoms with E-state index < -0.39 is 27.7 Å². The first kappa shape index (κ1) is 26.2. The second-order valence-electron chi connectivity index (χ2n) is 7.63. The molecule has 0 radical (unpaired) electrons. The zero-order chi connectivity index (χ0) is 24.6. The first-order valence-corrected chi connectivity index (χ1v) is 12.4. The van der Waals surface area contributed by atoms with Crippen LogP contribution in [0.5, 0.6) is 0 Å². The first-order valence-electron chi connectivity index (χ1n) is 10.6. The Morgan fingerprint density at radius 2 is 1.55 bits per heavy atom. The Hall–Kier alpha value is -3.01. The summed E-state index contributed by atoms with van der Waals surface area (Å²) < 4.78 is 52.0. The molecule has 0 saturated carbocycles. The number of carbonyl (C=O) groups excluding carboxylic acids is 2. The maximum atomic E-state index is 13.3. The van der Waals surface area contributed by atoms with Gasteiger partial charge >= 0.3 is 0 Å². The van der Waals surface area contributed by atoms with Gasteiger partial charge in [-0.15, -0.1) is 0 Å². The molecule has 7 nitrogen and oxygen atoms in total. The maximum absolute atomic E-state index is 13.3. The predicted molar refractivity (Wildman–Crippen MR) is 123 cm³/mol. The highest BCUT2D eigenvalue weighted by Crippen LogP contribution is 2.19. The quantitative estimate of drug-likeness (QED) is 0.535. The number of nitrogens with one attached hydrogen (secondary N) is 1. The highest BCUT2D eigenvalue weighted by atomic mass is 32.2. The van der Waals surface area contributed by atoms with Crippen molar-refractivity contribution in [2.45, 2.75) is 39.3 Å². The Kier molecular flexibility index (Phi) is 9.33. The largest absolute Gasteiger partial charge is 0.355 e. The lowest BCUT2D eigenvalue weighted by Crippen LogP contribution is -2.47. The molecule has 10 heteroatoms. The summed E-state index contributed by atoms with van der Waals surface area (Å²) in [5.74, 6) is -1.56. The lowest BCUT2D eigenvalue weighted by molar-refractivity contribution is -0.140. The third-order valence-electron chi connectivity index (χ3n) is 5.05. The van der Waals surface area contributed by atoms with Crippen molar-refractivity contribution < 1.29 is 26.8 Å². The molecule has 2 aromatic rings. The third-order valence-corrected chi connectivity index (χ3v) is 6.25. The normalized spacial score (nSPS) is 12.2. The van der Waals surface area contributed by atoms with E-state index in [1.165, 1.54) is 29.2 Å². The van der Waals surface area contributed by atoms with Crippen LogP contribution in [0.1, 0.15) is 32.3 Å². The molecule has 2 rings (SSSR count). The van der Waals surface area contributed by atoms with Gasteiger partial charge in [0.05, 0.1) is 11.9 Å². The number of hydrogen-bond acceptors (Lipinski definition) is 4. The van der Waals surface area contributed by atoms with Crippen LogP contribution >= 0.6 is 0 Å². The average molecular weight is 482 g/mol. The maximum Gasteiger partial charge on any atom is 0.242 e. The van der Waals surface area contributed by atoms with Crippen molar-refractivity contribution in [3.05, 3.63) is 65.7 Å². The molecule has 180 valence electrons. The van der Waals surface area contributed by atoms with E-state index in [1.807, 2.05) is 0 Å². The van der Waals surface area contributed by atoms with Crippen molar-refractivity contribution in [2.75, 3.05) is 23.7 Å². The smallest absolute Gasteiger partial charge is 0.242 e. The molecule has 0 spiro atoms. The first-order chi connectivity index (χ1) is 15.5. The second-order valence-corrected chi connectivity index (χ2v) is 9.54. The number of nitrogens with zero attached hydrogens (tertiary/aromatic N) is 2. The van der Waals surface area contributed by atoms with E-state index in [0.29, 0.717) is 17.8 Å². The Morgan fingerprint density at radius 1 is 1.00 bits per heavy atom.